The Morgan fingerprint density at radius 1 is 0.848 bits per heavy atom. The number of aryl methyl sites for hydroxylation is 2. The summed E-state index contributed by atoms with van der Waals surface area (Å²) in [6, 6.07) is 8.77. The smallest absolute Gasteiger partial charge is 0.351 e. The largest absolute Gasteiger partial charge is 0.390 e. The van der Waals surface area contributed by atoms with Gasteiger partial charge in [0.15, 0.2) is 0 Å². The summed E-state index contributed by atoms with van der Waals surface area (Å²) in [5.74, 6) is 1.21. The number of hydrogen-bond acceptors (Lipinski definition) is 9. The molecule has 1 aromatic carbocycles. The lowest BCUT2D eigenvalue weighted by molar-refractivity contribution is -0.0555. The second kappa shape index (κ2) is 12.7. The molecule has 2 aliphatic carbocycles. The number of rotatable bonds is 4. The lowest BCUT2D eigenvalue weighted by atomic mass is 9.94. The van der Waals surface area contributed by atoms with Gasteiger partial charge >= 0.3 is 11.4 Å². The number of hydrogen-bond donors (Lipinski definition) is 4. The molecule has 0 spiro atoms. The third kappa shape index (κ3) is 6.11. The van der Waals surface area contributed by atoms with E-state index >= 15 is 0 Å². The van der Waals surface area contributed by atoms with Crippen molar-refractivity contribution in [1.29, 1.82) is 0 Å². The molecule has 46 heavy (non-hydrogen) atoms. The number of fused-ring (bicyclic) bond motifs is 2. The van der Waals surface area contributed by atoms with Crippen LogP contribution >= 0.6 is 0 Å². The predicted octanol–water partition coefficient (Wildman–Crippen LogP) is 2.26. The fourth-order valence-corrected chi connectivity index (χ4v) is 7.48. The van der Waals surface area contributed by atoms with Crippen LogP contribution in [0.1, 0.15) is 73.5 Å². The van der Waals surface area contributed by atoms with Crippen LogP contribution in [0.25, 0.3) is 0 Å². The van der Waals surface area contributed by atoms with Crippen molar-refractivity contribution in [3.8, 4) is 0 Å². The van der Waals surface area contributed by atoms with Crippen molar-refractivity contribution in [2.24, 2.45) is 23.7 Å². The average molecular weight is 636 g/mol. The van der Waals surface area contributed by atoms with E-state index in [1.807, 2.05) is 6.07 Å². The Balaban J connectivity index is 0.000000172. The van der Waals surface area contributed by atoms with Gasteiger partial charge in [-0.3, -0.25) is 23.7 Å². The zero-order chi connectivity index (χ0) is 32.9. The number of nitrogens with zero attached hydrogens (tertiary/aromatic N) is 3. The van der Waals surface area contributed by atoms with Crippen LogP contribution in [0, 0.1) is 37.5 Å². The molecule has 0 bridgehead atoms. The molecular weight excluding hydrogens is 594 g/mol. The second-order valence-corrected chi connectivity index (χ2v) is 13.2. The van der Waals surface area contributed by atoms with Gasteiger partial charge in [-0.1, -0.05) is 32.0 Å². The highest BCUT2D eigenvalue weighted by atomic mass is 16.5. The average Bonchev–Trinajstić information content (AvgIpc) is 3.77. The van der Waals surface area contributed by atoms with E-state index in [9.17, 15) is 29.4 Å². The van der Waals surface area contributed by atoms with E-state index in [0.717, 1.165) is 12.8 Å². The van der Waals surface area contributed by atoms with E-state index < -0.39 is 36.0 Å². The fourth-order valence-electron chi connectivity index (χ4n) is 7.48. The maximum absolute atomic E-state index is 12.5. The SMILES string of the molecule is Cc1cn([C@@H]2C[C@@H]3[C@H](O2)[C@H](O)C[C@H]3C)c(=O)[nH]c1=O.Cc1cn([C@@H]2C[C@@H]3[C@H](O2)[C@H](O)C[C@H]3C)c(=O)nc1NC(=O)c1ccccc1. The first kappa shape index (κ1) is 32.0. The maximum Gasteiger partial charge on any atom is 0.351 e. The Kier molecular flexibility index (Phi) is 8.85. The van der Waals surface area contributed by atoms with Crippen LogP contribution in [-0.2, 0) is 9.47 Å². The first-order chi connectivity index (χ1) is 21.9. The number of carbonyl (C=O) groups is 1. The Labute approximate surface area is 265 Å². The molecule has 13 heteroatoms. The van der Waals surface area contributed by atoms with Crippen LogP contribution in [0.5, 0.6) is 0 Å². The third-order valence-corrected chi connectivity index (χ3v) is 10.0. The molecule has 0 radical (unpaired) electrons. The Morgan fingerprint density at radius 3 is 1.96 bits per heavy atom. The molecule has 0 unspecified atom stereocenters. The Bertz CT molecular complexity index is 1740. The molecular formula is C33H41N5O8. The first-order valence-corrected chi connectivity index (χ1v) is 15.9. The number of H-pyrrole nitrogens is 1. The van der Waals surface area contributed by atoms with Gasteiger partial charge in [0.25, 0.3) is 11.5 Å². The fraction of sp³-hybridized carbons (Fsp3) is 0.545. The summed E-state index contributed by atoms with van der Waals surface area (Å²) in [6.07, 6.45) is 3.88. The summed E-state index contributed by atoms with van der Waals surface area (Å²) < 4.78 is 14.7. The van der Waals surface area contributed by atoms with Crippen LogP contribution in [0.3, 0.4) is 0 Å². The van der Waals surface area contributed by atoms with Crippen LogP contribution in [-0.4, -0.2) is 59.6 Å². The van der Waals surface area contributed by atoms with Gasteiger partial charge < -0.3 is 25.0 Å². The number of aromatic amines is 1. The minimum absolute atomic E-state index is 0.195. The summed E-state index contributed by atoms with van der Waals surface area (Å²) in [6.45, 7) is 7.65. The first-order valence-electron chi connectivity index (χ1n) is 15.9. The molecule has 7 rings (SSSR count). The van der Waals surface area contributed by atoms with Crippen LogP contribution in [0.15, 0.2) is 57.1 Å². The van der Waals surface area contributed by atoms with Gasteiger partial charge in [0.2, 0.25) is 0 Å². The van der Waals surface area contributed by atoms with E-state index in [-0.39, 0.29) is 41.3 Å². The van der Waals surface area contributed by atoms with Gasteiger partial charge in [0, 0.05) is 29.1 Å². The third-order valence-electron chi connectivity index (χ3n) is 10.0. The summed E-state index contributed by atoms with van der Waals surface area (Å²) in [7, 11) is 0. The van der Waals surface area contributed by atoms with Gasteiger partial charge in [0.1, 0.15) is 18.3 Å². The zero-order valence-corrected chi connectivity index (χ0v) is 26.3. The zero-order valence-electron chi connectivity index (χ0n) is 26.3. The van der Waals surface area contributed by atoms with Gasteiger partial charge in [-0.25, -0.2) is 9.59 Å². The normalized spacial score (nSPS) is 32.8. The van der Waals surface area contributed by atoms with Gasteiger partial charge in [-0.15, -0.1) is 0 Å². The van der Waals surface area contributed by atoms with Crippen LogP contribution in [0.2, 0.25) is 0 Å². The second-order valence-electron chi connectivity index (χ2n) is 13.2. The number of aromatic nitrogens is 4. The maximum atomic E-state index is 12.5. The molecule has 4 heterocycles. The monoisotopic (exact) mass is 635 g/mol. The van der Waals surface area contributed by atoms with Crippen molar-refractivity contribution in [1.82, 2.24) is 19.1 Å². The number of anilines is 1. The van der Waals surface area contributed by atoms with E-state index in [4.69, 9.17) is 9.47 Å². The van der Waals surface area contributed by atoms with E-state index in [2.05, 4.69) is 29.1 Å². The number of carbonyl (C=O) groups excluding carboxylic acids is 1. The lowest BCUT2D eigenvalue weighted by Crippen LogP contribution is -2.34. The van der Waals surface area contributed by atoms with Crippen molar-refractivity contribution in [2.75, 3.05) is 5.32 Å². The van der Waals surface area contributed by atoms with Crippen molar-refractivity contribution in [3.05, 3.63) is 90.7 Å². The van der Waals surface area contributed by atoms with Gasteiger partial charge in [-0.05, 0) is 75.3 Å². The highest BCUT2D eigenvalue weighted by molar-refractivity contribution is 6.03. The molecule has 2 aromatic heterocycles. The van der Waals surface area contributed by atoms with Crippen molar-refractivity contribution in [3.63, 3.8) is 0 Å². The Morgan fingerprint density at radius 2 is 1.39 bits per heavy atom. The lowest BCUT2D eigenvalue weighted by Gasteiger charge is -2.18. The summed E-state index contributed by atoms with van der Waals surface area (Å²) in [4.78, 5) is 54.4. The number of aliphatic hydroxyl groups is 2. The molecule has 13 nitrogen and oxygen atoms in total. The van der Waals surface area contributed by atoms with Crippen molar-refractivity contribution >= 4 is 11.7 Å². The molecule has 10 atom stereocenters. The van der Waals surface area contributed by atoms with Gasteiger partial charge in [-0.2, -0.15) is 4.98 Å². The summed E-state index contributed by atoms with van der Waals surface area (Å²) in [5, 5.41) is 22.8. The number of aliphatic hydroxyl groups excluding tert-OH is 2. The highest BCUT2D eigenvalue weighted by Gasteiger charge is 2.49. The molecule has 2 saturated heterocycles. The predicted molar refractivity (Wildman–Crippen MR) is 167 cm³/mol. The van der Waals surface area contributed by atoms with E-state index in [1.165, 1.54) is 15.3 Å². The minimum Gasteiger partial charge on any atom is -0.390 e. The van der Waals surface area contributed by atoms with Gasteiger partial charge in [0.05, 0.1) is 24.4 Å². The molecule has 246 valence electrons. The quantitative estimate of drug-likeness (QED) is 0.335. The minimum atomic E-state index is -0.482. The molecule has 3 aromatic rings. The number of ether oxygens (including phenoxy) is 2. The van der Waals surface area contributed by atoms with Crippen molar-refractivity contribution < 1.29 is 24.5 Å². The van der Waals surface area contributed by atoms with Crippen LogP contribution in [0.4, 0.5) is 5.82 Å². The number of benzene rings is 1. The van der Waals surface area contributed by atoms with Crippen LogP contribution < -0.4 is 22.3 Å². The Hall–Kier alpha value is -3.91. The summed E-state index contributed by atoms with van der Waals surface area (Å²) >= 11 is 0. The molecule has 4 N–H and O–H groups in total. The number of amides is 1. The van der Waals surface area contributed by atoms with E-state index in [0.29, 0.717) is 41.4 Å². The van der Waals surface area contributed by atoms with E-state index in [1.54, 1.807) is 44.3 Å². The topological polar surface area (TPSA) is 178 Å². The summed E-state index contributed by atoms with van der Waals surface area (Å²) in [5.41, 5.74) is 0.353. The van der Waals surface area contributed by atoms with Crippen molar-refractivity contribution in [2.45, 2.75) is 90.2 Å². The molecule has 2 saturated carbocycles. The molecule has 4 aliphatic rings. The molecule has 1 amide bonds. The molecule has 4 fully saturated rings. The standard InChI is InChI=1S/C20H23N3O4.C13H18N2O4/c1-11-8-15(24)17-14(11)9-16(27-17)23-10-12(2)18(22-20(23)26)21-19(25)13-6-4-3-5-7-13;1-6-3-9(16)11-8(6)4-10(19-11)15-5-7(2)12(17)14-13(15)18/h3-7,10-11,14-17,24H,8-9H2,1-2H3,(H,21,22,25,26);5-6,8-11,16H,3-4H2,1-2H3,(H,14,17,18)/t11-,14+,15-,16+,17+;6-,8+,9-,10+,11+/m11/s1. The number of nitrogens with one attached hydrogen (secondary N) is 2. The molecule has 2 aliphatic heterocycles. The highest BCUT2D eigenvalue weighted by Crippen LogP contribution is 2.47.